The van der Waals surface area contributed by atoms with Gasteiger partial charge in [-0.3, -0.25) is 0 Å². The number of thiazole rings is 1. The number of nitrogens with zero attached hydrogens (tertiary/aromatic N) is 5. The molecule has 15 heavy (non-hydrogen) atoms. The molecule has 0 atom stereocenters. The third kappa shape index (κ3) is 1.33. The van der Waals surface area contributed by atoms with Crippen LogP contribution < -0.4 is 15.8 Å². The highest BCUT2D eigenvalue weighted by molar-refractivity contribution is 7.07. The Bertz CT molecular complexity index is 447. The van der Waals surface area contributed by atoms with Gasteiger partial charge in [-0.15, -0.1) is 21.6 Å². The first kappa shape index (κ1) is 8.30. The van der Waals surface area contributed by atoms with Crippen LogP contribution in [0, 0.1) is 0 Å². The number of hydrazone groups is 1. The molecule has 76 valence electrons. The summed E-state index contributed by atoms with van der Waals surface area (Å²) in [4.78, 5) is 4.21. The fourth-order valence-corrected chi connectivity index (χ4v) is 1.83. The van der Waals surface area contributed by atoms with Crippen LogP contribution in [0.2, 0.25) is 0 Å². The number of hydrazine groups is 2. The van der Waals surface area contributed by atoms with Crippen molar-refractivity contribution in [1.29, 1.82) is 0 Å². The second-order valence-electron chi connectivity index (χ2n) is 2.89. The average molecular weight is 220 g/mol. The molecule has 3 rings (SSSR count). The van der Waals surface area contributed by atoms with E-state index >= 15 is 0 Å². The molecule has 0 unspecified atom stereocenters. The molecule has 0 bridgehead atoms. The lowest BCUT2D eigenvalue weighted by atomic mass is 10.7. The monoisotopic (exact) mass is 220 g/mol. The van der Waals surface area contributed by atoms with Gasteiger partial charge in [0, 0.05) is 17.8 Å². The van der Waals surface area contributed by atoms with Crippen molar-refractivity contribution in [1.82, 2.24) is 15.2 Å². The molecule has 1 aliphatic rings. The lowest BCUT2D eigenvalue weighted by Crippen LogP contribution is -2.49. The van der Waals surface area contributed by atoms with E-state index in [1.54, 1.807) is 28.3 Å². The molecule has 2 aromatic rings. The van der Waals surface area contributed by atoms with E-state index in [-0.39, 0.29) is 0 Å². The number of rotatable bonds is 2. The first-order valence-electron chi connectivity index (χ1n) is 4.35. The zero-order valence-electron chi connectivity index (χ0n) is 7.69. The molecule has 0 aliphatic carbocycles. The minimum atomic E-state index is 0.811. The van der Waals surface area contributed by atoms with E-state index in [2.05, 4.69) is 15.6 Å². The standard InChI is InChI=1S/C8H8N6S/c1-2-4-12(3-1)13-6-10-11-14(13)8-5-15-7-9-8/h1-7,11H. The summed E-state index contributed by atoms with van der Waals surface area (Å²) < 4.78 is 1.89. The van der Waals surface area contributed by atoms with Gasteiger partial charge >= 0.3 is 0 Å². The smallest absolute Gasteiger partial charge is 0.184 e. The quantitative estimate of drug-likeness (QED) is 0.812. The minimum Gasteiger partial charge on any atom is -0.247 e. The predicted molar refractivity (Wildman–Crippen MR) is 58.9 cm³/mol. The van der Waals surface area contributed by atoms with Gasteiger partial charge in [0.1, 0.15) is 0 Å². The summed E-state index contributed by atoms with van der Waals surface area (Å²) in [6.07, 6.45) is 5.54. The largest absolute Gasteiger partial charge is 0.247 e. The number of anilines is 1. The normalized spacial score (nSPS) is 14.7. The Balaban J connectivity index is 1.92. The highest BCUT2D eigenvalue weighted by Crippen LogP contribution is 2.14. The lowest BCUT2D eigenvalue weighted by molar-refractivity contribution is 0.616. The zero-order chi connectivity index (χ0) is 10.1. The summed E-state index contributed by atoms with van der Waals surface area (Å²) in [6, 6.07) is 3.90. The summed E-state index contributed by atoms with van der Waals surface area (Å²) in [5.74, 6) is 0.811. The molecule has 7 heteroatoms. The van der Waals surface area contributed by atoms with Gasteiger partial charge in [0.15, 0.2) is 12.2 Å². The van der Waals surface area contributed by atoms with Gasteiger partial charge in [-0.2, -0.15) is 10.7 Å². The molecule has 2 aromatic heterocycles. The van der Waals surface area contributed by atoms with Crippen LogP contribution in [-0.2, 0) is 0 Å². The SMILES string of the molecule is C1=NNN(c2cscn2)N1n1cccc1. The lowest BCUT2D eigenvalue weighted by Gasteiger charge is -2.26. The predicted octanol–water partition coefficient (Wildman–Crippen LogP) is 0.766. The Morgan fingerprint density at radius 2 is 2.13 bits per heavy atom. The van der Waals surface area contributed by atoms with E-state index in [9.17, 15) is 0 Å². The van der Waals surface area contributed by atoms with E-state index < -0.39 is 0 Å². The Morgan fingerprint density at radius 3 is 2.87 bits per heavy atom. The molecule has 0 saturated carbocycles. The molecule has 0 fully saturated rings. The van der Waals surface area contributed by atoms with Crippen LogP contribution in [0.15, 0.2) is 40.5 Å². The molecule has 0 aromatic carbocycles. The van der Waals surface area contributed by atoms with E-state index in [1.165, 1.54) is 0 Å². The molecule has 1 N–H and O–H groups in total. The summed E-state index contributed by atoms with van der Waals surface area (Å²) in [7, 11) is 0. The maximum Gasteiger partial charge on any atom is 0.184 e. The van der Waals surface area contributed by atoms with Crippen molar-refractivity contribution in [3.63, 3.8) is 0 Å². The number of aromatic nitrogens is 2. The molecule has 6 nitrogen and oxygen atoms in total. The van der Waals surface area contributed by atoms with Gasteiger partial charge in [-0.1, -0.05) is 0 Å². The van der Waals surface area contributed by atoms with Crippen LogP contribution in [0.4, 0.5) is 5.82 Å². The van der Waals surface area contributed by atoms with Crippen molar-refractivity contribution >= 4 is 23.5 Å². The fraction of sp³-hybridized carbons (Fsp3) is 0. The highest BCUT2D eigenvalue weighted by Gasteiger charge is 2.20. The first-order valence-corrected chi connectivity index (χ1v) is 5.29. The average Bonchev–Trinajstić information content (AvgIpc) is 3.01. The van der Waals surface area contributed by atoms with Crippen LogP contribution in [0.3, 0.4) is 0 Å². The van der Waals surface area contributed by atoms with Crippen molar-refractivity contribution in [2.75, 3.05) is 10.2 Å². The van der Waals surface area contributed by atoms with Gasteiger partial charge < -0.3 is 0 Å². The third-order valence-corrected chi connectivity index (χ3v) is 2.55. The molecule has 1 aliphatic heterocycles. The van der Waals surface area contributed by atoms with Gasteiger partial charge in [0.05, 0.1) is 5.51 Å². The van der Waals surface area contributed by atoms with Crippen LogP contribution in [0.25, 0.3) is 0 Å². The number of hydrogen-bond acceptors (Lipinski definition) is 6. The zero-order valence-corrected chi connectivity index (χ0v) is 8.50. The van der Waals surface area contributed by atoms with Crippen molar-refractivity contribution in [3.8, 4) is 0 Å². The van der Waals surface area contributed by atoms with Gasteiger partial charge in [0.25, 0.3) is 0 Å². The topological polar surface area (TPSA) is 48.7 Å². The number of hydrogen-bond donors (Lipinski definition) is 1. The summed E-state index contributed by atoms with van der Waals surface area (Å²) in [6.45, 7) is 0. The van der Waals surface area contributed by atoms with Crippen molar-refractivity contribution in [2.24, 2.45) is 5.10 Å². The molecule has 0 radical (unpaired) electrons. The summed E-state index contributed by atoms with van der Waals surface area (Å²) in [5.41, 5.74) is 4.63. The maximum absolute atomic E-state index is 4.21. The molecule has 0 saturated heterocycles. The fourth-order valence-electron chi connectivity index (χ4n) is 1.32. The molecule has 3 heterocycles. The van der Waals surface area contributed by atoms with E-state index in [4.69, 9.17) is 0 Å². The third-order valence-electron chi connectivity index (χ3n) is 1.98. The van der Waals surface area contributed by atoms with Crippen LogP contribution in [0.1, 0.15) is 0 Å². The van der Waals surface area contributed by atoms with Crippen LogP contribution in [-0.4, -0.2) is 16.0 Å². The van der Waals surface area contributed by atoms with E-state index in [1.807, 2.05) is 39.7 Å². The minimum absolute atomic E-state index is 0.811. The van der Waals surface area contributed by atoms with Crippen molar-refractivity contribution in [3.05, 3.63) is 35.4 Å². The van der Waals surface area contributed by atoms with Gasteiger partial charge in [0.2, 0.25) is 0 Å². The Kier molecular flexibility index (Phi) is 1.82. The maximum atomic E-state index is 4.21. The van der Waals surface area contributed by atoms with Crippen molar-refractivity contribution < 1.29 is 0 Å². The highest BCUT2D eigenvalue weighted by atomic mass is 32.1. The summed E-state index contributed by atoms with van der Waals surface area (Å²) in [5, 5.41) is 9.48. The Hall–Kier alpha value is -2.02. The van der Waals surface area contributed by atoms with Crippen LogP contribution in [0.5, 0.6) is 0 Å². The van der Waals surface area contributed by atoms with Crippen LogP contribution >= 0.6 is 11.3 Å². The molecule has 0 amide bonds. The summed E-state index contributed by atoms with van der Waals surface area (Å²) >= 11 is 1.54. The molecular formula is C8H8N6S. The number of nitrogens with one attached hydrogen (secondary N) is 1. The first-order chi connectivity index (χ1) is 7.45. The van der Waals surface area contributed by atoms with Gasteiger partial charge in [-0.05, 0) is 12.1 Å². The Labute approximate surface area is 90.0 Å². The molecular weight excluding hydrogens is 212 g/mol. The molecule has 0 spiro atoms. The van der Waals surface area contributed by atoms with Crippen molar-refractivity contribution in [2.45, 2.75) is 0 Å². The second-order valence-corrected chi connectivity index (χ2v) is 3.61. The second kappa shape index (κ2) is 3.28. The Morgan fingerprint density at radius 1 is 1.27 bits per heavy atom. The van der Waals surface area contributed by atoms with E-state index in [0.29, 0.717) is 0 Å². The van der Waals surface area contributed by atoms with E-state index in [0.717, 1.165) is 5.82 Å². The van der Waals surface area contributed by atoms with Gasteiger partial charge in [-0.25, -0.2) is 9.66 Å².